The van der Waals surface area contributed by atoms with E-state index >= 15 is 0 Å². The summed E-state index contributed by atoms with van der Waals surface area (Å²) < 4.78 is 28.0. The van der Waals surface area contributed by atoms with Crippen molar-refractivity contribution in [1.29, 1.82) is 0 Å². The van der Waals surface area contributed by atoms with Crippen molar-refractivity contribution in [3.8, 4) is 0 Å². The number of carbonyl (C=O) groups excluding carboxylic acids is 2. The van der Waals surface area contributed by atoms with E-state index in [1.807, 2.05) is 6.92 Å². The molecule has 2 aliphatic heterocycles. The van der Waals surface area contributed by atoms with Gasteiger partial charge in [-0.2, -0.15) is 0 Å². The lowest BCUT2D eigenvalue weighted by atomic mass is 10.2. The highest BCUT2D eigenvalue weighted by molar-refractivity contribution is 8.01. The molecule has 2 heterocycles. The summed E-state index contributed by atoms with van der Waals surface area (Å²) in [4.78, 5) is 27.5. The molecule has 2 amide bonds. The van der Waals surface area contributed by atoms with Crippen LogP contribution in [0.15, 0.2) is 46.2 Å². The zero-order valence-corrected chi connectivity index (χ0v) is 18.5. The highest BCUT2D eigenvalue weighted by Crippen LogP contribution is 2.38. The lowest BCUT2D eigenvalue weighted by molar-refractivity contribution is -0.133. The number of benzene rings is 2. The van der Waals surface area contributed by atoms with Crippen LogP contribution >= 0.6 is 23.4 Å². The van der Waals surface area contributed by atoms with Gasteiger partial charge in [-0.05, 0) is 55.7 Å². The molecule has 1 saturated heterocycles. The first-order valence-electron chi connectivity index (χ1n) is 9.44. The molecule has 30 heavy (non-hydrogen) atoms. The molecule has 2 aliphatic rings. The molecule has 158 valence electrons. The number of anilines is 2. The number of likely N-dealkylation sites (tertiary alicyclic amines) is 1. The average Bonchev–Trinajstić information content (AvgIpc) is 3.24. The second-order valence-electron chi connectivity index (χ2n) is 7.25. The van der Waals surface area contributed by atoms with Crippen LogP contribution in [0, 0.1) is 6.92 Å². The molecule has 10 heteroatoms. The molecule has 7 nitrogen and oxygen atoms in total. The van der Waals surface area contributed by atoms with Crippen molar-refractivity contribution in [3.05, 3.63) is 47.0 Å². The van der Waals surface area contributed by atoms with Gasteiger partial charge in [-0.15, -0.1) is 11.8 Å². The van der Waals surface area contributed by atoms with Gasteiger partial charge in [0.05, 0.1) is 16.3 Å². The largest absolute Gasteiger partial charge is 0.341 e. The summed E-state index contributed by atoms with van der Waals surface area (Å²) in [5.74, 6) is -0.632. The zero-order chi connectivity index (χ0) is 21.5. The molecule has 4 rings (SSSR count). The van der Waals surface area contributed by atoms with E-state index in [9.17, 15) is 18.0 Å². The Bertz CT molecular complexity index is 1130. The smallest absolute Gasteiger partial charge is 0.261 e. The zero-order valence-electron chi connectivity index (χ0n) is 16.1. The number of aryl methyl sites for hydroxylation is 1. The van der Waals surface area contributed by atoms with E-state index in [4.69, 9.17) is 11.6 Å². The van der Waals surface area contributed by atoms with E-state index in [1.165, 1.54) is 12.1 Å². The van der Waals surface area contributed by atoms with Crippen LogP contribution in [0.3, 0.4) is 0 Å². The van der Waals surface area contributed by atoms with E-state index in [0.29, 0.717) is 34.4 Å². The number of hydrogen-bond donors (Lipinski definition) is 2. The molecule has 2 N–H and O–H groups in total. The summed E-state index contributed by atoms with van der Waals surface area (Å²) >= 11 is 7.22. The maximum atomic E-state index is 12.8. The van der Waals surface area contributed by atoms with Gasteiger partial charge in [0.15, 0.2) is 5.25 Å². The number of amides is 2. The SMILES string of the molecule is Cc1ccc(NS(=O)(=O)c2ccc3c(c2)NC(=O)[C@@H](C(=O)N2CCCC2)S3)cc1Cl. The van der Waals surface area contributed by atoms with E-state index in [0.717, 1.165) is 30.2 Å². The molecule has 0 spiro atoms. The number of fused-ring (bicyclic) bond motifs is 1. The number of halogens is 1. The minimum Gasteiger partial charge on any atom is -0.341 e. The van der Waals surface area contributed by atoms with Crippen LogP contribution in [0.25, 0.3) is 0 Å². The number of nitrogens with one attached hydrogen (secondary N) is 2. The summed E-state index contributed by atoms with van der Waals surface area (Å²) in [7, 11) is -3.88. The van der Waals surface area contributed by atoms with E-state index < -0.39 is 21.2 Å². The average molecular weight is 466 g/mol. The Morgan fingerprint density at radius 3 is 2.63 bits per heavy atom. The summed E-state index contributed by atoms with van der Waals surface area (Å²) in [6, 6.07) is 9.36. The fourth-order valence-electron chi connectivity index (χ4n) is 3.39. The lowest BCUT2D eigenvalue weighted by Crippen LogP contribution is -2.43. The summed E-state index contributed by atoms with van der Waals surface area (Å²) in [5.41, 5.74) is 1.56. The van der Waals surface area contributed by atoms with Gasteiger partial charge < -0.3 is 10.2 Å². The third-order valence-corrected chi connectivity index (χ3v) is 8.12. The van der Waals surface area contributed by atoms with Gasteiger partial charge in [-0.1, -0.05) is 17.7 Å². The molecule has 0 radical (unpaired) electrons. The summed E-state index contributed by atoms with van der Waals surface area (Å²) in [6.07, 6.45) is 1.89. The number of rotatable bonds is 4. The van der Waals surface area contributed by atoms with E-state index in [-0.39, 0.29) is 10.8 Å². The summed E-state index contributed by atoms with van der Waals surface area (Å²) in [5, 5.41) is 2.29. The van der Waals surface area contributed by atoms with Crippen molar-refractivity contribution in [1.82, 2.24) is 4.90 Å². The normalized spacial score (nSPS) is 18.7. The minimum atomic E-state index is -3.88. The van der Waals surface area contributed by atoms with Gasteiger partial charge in [-0.3, -0.25) is 14.3 Å². The molecule has 0 bridgehead atoms. The van der Waals surface area contributed by atoms with Crippen molar-refractivity contribution < 1.29 is 18.0 Å². The predicted octanol–water partition coefficient (Wildman–Crippen LogP) is 3.48. The maximum Gasteiger partial charge on any atom is 0.261 e. The lowest BCUT2D eigenvalue weighted by Gasteiger charge is -2.27. The van der Waals surface area contributed by atoms with E-state index in [2.05, 4.69) is 10.0 Å². The van der Waals surface area contributed by atoms with Crippen LogP contribution in [0.2, 0.25) is 5.02 Å². The van der Waals surface area contributed by atoms with Crippen LogP contribution in [0.5, 0.6) is 0 Å². The number of hydrogen-bond acceptors (Lipinski definition) is 5. The van der Waals surface area contributed by atoms with Crippen molar-refractivity contribution in [2.24, 2.45) is 0 Å². The Kier molecular flexibility index (Phi) is 5.69. The van der Waals surface area contributed by atoms with Crippen molar-refractivity contribution in [2.75, 3.05) is 23.1 Å². The number of thioether (sulfide) groups is 1. The molecule has 0 aromatic heterocycles. The van der Waals surface area contributed by atoms with Gasteiger partial charge in [0.2, 0.25) is 11.8 Å². The molecular weight excluding hydrogens is 446 g/mol. The van der Waals surface area contributed by atoms with Gasteiger partial charge >= 0.3 is 0 Å². The molecule has 2 aromatic rings. The predicted molar refractivity (Wildman–Crippen MR) is 118 cm³/mol. The Balaban J connectivity index is 1.55. The molecule has 0 unspecified atom stereocenters. The highest BCUT2D eigenvalue weighted by atomic mass is 35.5. The van der Waals surface area contributed by atoms with Crippen LogP contribution in [-0.4, -0.2) is 43.5 Å². The van der Waals surface area contributed by atoms with Crippen LogP contribution in [0.4, 0.5) is 11.4 Å². The third kappa shape index (κ3) is 4.14. The van der Waals surface area contributed by atoms with Crippen molar-refractivity contribution >= 4 is 56.6 Å². The van der Waals surface area contributed by atoms with Gasteiger partial charge in [0.25, 0.3) is 10.0 Å². The molecule has 2 aromatic carbocycles. The summed E-state index contributed by atoms with van der Waals surface area (Å²) in [6.45, 7) is 3.16. The number of carbonyl (C=O) groups is 2. The third-order valence-electron chi connectivity index (χ3n) is 5.07. The first-order valence-corrected chi connectivity index (χ1v) is 12.2. The highest BCUT2D eigenvalue weighted by Gasteiger charge is 2.37. The fraction of sp³-hybridized carbons (Fsp3) is 0.300. The quantitative estimate of drug-likeness (QED) is 0.674. The first-order chi connectivity index (χ1) is 14.2. The molecule has 1 atom stereocenters. The van der Waals surface area contributed by atoms with Crippen LogP contribution in [0.1, 0.15) is 18.4 Å². The van der Waals surface area contributed by atoms with Crippen LogP contribution < -0.4 is 10.0 Å². The molecule has 0 aliphatic carbocycles. The first kappa shape index (κ1) is 21.0. The van der Waals surface area contributed by atoms with Gasteiger partial charge in [0, 0.05) is 23.0 Å². The van der Waals surface area contributed by atoms with Crippen molar-refractivity contribution in [2.45, 2.75) is 34.8 Å². The Morgan fingerprint density at radius 2 is 1.93 bits per heavy atom. The second-order valence-corrected chi connectivity index (χ2v) is 10.5. The molecular formula is C20H20ClN3O4S2. The number of sulfonamides is 1. The van der Waals surface area contributed by atoms with Gasteiger partial charge in [0.1, 0.15) is 0 Å². The fourth-order valence-corrected chi connectivity index (χ4v) is 5.70. The number of nitrogens with zero attached hydrogens (tertiary/aromatic N) is 1. The van der Waals surface area contributed by atoms with Gasteiger partial charge in [-0.25, -0.2) is 8.42 Å². The Labute approximate surface area is 184 Å². The van der Waals surface area contributed by atoms with E-state index in [1.54, 1.807) is 29.2 Å². The second kappa shape index (κ2) is 8.13. The Morgan fingerprint density at radius 1 is 1.20 bits per heavy atom. The standard InChI is InChI=1S/C20H20ClN3O4S2/c1-12-4-5-13(10-15(12)21)23-30(27,28)14-6-7-17-16(11-14)22-19(25)18(29-17)20(26)24-8-2-3-9-24/h4-7,10-11,18,23H,2-3,8-9H2,1H3,(H,22,25)/t18-/m0/s1. The van der Waals surface area contributed by atoms with Crippen molar-refractivity contribution in [3.63, 3.8) is 0 Å². The minimum absolute atomic E-state index is 0.00293. The molecule has 1 fully saturated rings. The van der Waals surface area contributed by atoms with Crippen LogP contribution in [-0.2, 0) is 19.6 Å². The topological polar surface area (TPSA) is 95.6 Å². The Hall–Kier alpha value is -2.23. The maximum absolute atomic E-state index is 12.8. The molecule has 0 saturated carbocycles. The monoisotopic (exact) mass is 465 g/mol.